The lowest BCUT2D eigenvalue weighted by atomic mass is 10.2. The summed E-state index contributed by atoms with van der Waals surface area (Å²) in [5, 5.41) is 6.00. The van der Waals surface area contributed by atoms with Crippen LogP contribution < -0.4 is 24.8 Å². The molecule has 2 rings (SSSR count). The molecule has 7 heteroatoms. The number of methoxy groups -OCH3 is 1. The van der Waals surface area contributed by atoms with E-state index >= 15 is 0 Å². The van der Waals surface area contributed by atoms with Gasteiger partial charge in [0, 0.05) is 12.1 Å². The number of ether oxygens (including phenoxy) is 3. The highest BCUT2D eigenvalue weighted by Crippen LogP contribution is 2.28. The Labute approximate surface area is 190 Å². The molecular formula is C24H32N2O4S. The Hall–Kier alpha value is -2.80. The third kappa shape index (κ3) is 8.45. The van der Waals surface area contributed by atoms with E-state index in [2.05, 4.69) is 24.5 Å². The first kappa shape index (κ1) is 24.5. The fraction of sp³-hybridized carbons (Fsp3) is 0.417. The lowest BCUT2D eigenvalue weighted by molar-refractivity contribution is 0.0976. The second-order valence-electron chi connectivity index (χ2n) is 7.05. The maximum Gasteiger partial charge on any atom is 0.257 e. The highest BCUT2D eigenvalue weighted by atomic mass is 32.1. The number of thiocarbonyl (C=S) groups is 1. The Morgan fingerprint density at radius 3 is 2.39 bits per heavy atom. The number of carbonyl (C=O) groups excluding carboxylic acids is 1. The van der Waals surface area contributed by atoms with Gasteiger partial charge in [0.2, 0.25) is 0 Å². The quantitative estimate of drug-likeness (QED) is 0.360. The molecule has 0 saturated heterocycles. The van der Waals surface area contributed by atoms with Crippen LogP contribution in [-0.2, 0) is 6.54 Å². The van der Waals surface area contributed by atoms with Crippen molar-refractivity contribution in [3.8, 4) is 17.2 Å². The largest absolute Gasteiger partial charge is 0.494 e. The van der Waals surface area contributed by atoms with Gasteiger partial charge in [0.25, 0.3) is 5.91 Å². The van der Waals surface area contributed by atoms with Crippen molar-refractivity contribution < 1.29 is 19.0 Å². The van der Waals surface area contributed by atoms with Crippen LogP contribution in [0.2, 0.25) is 0 Å². The summed E-state index contributed by atoms with van der Waals surface area (Å²) in [6, 6.07) is 12.8. The van der Waals surface area contributed by atoms with Crippen molar-refractivity contribution in [2.75, 3.05) is 20.3 Å². The van der Waals surface area contributed by atoms with Crippen molar-refractivity contribution in [1.29, 1.82) is 0 Å². The van der Waals surface area contributed by atoms with E-state index in [0.29, 0.717) is 36.8 Å². The van der Waals surface area contributed by atoms with Crippen LogP contribution in [0.1, 0.15) is 55.5 Å². The molecule has 0 radical (unpaired) electrons. The van der Waals surface area contributed by atoms with Gasteiger partial charge >= 0.3 is 0 Å². The molecule has 6 nitrogen and oxygen atoms in total. The normalized spacial score (nSPS) is 10.3. The van der Waals surface area contributed by atoms with E-state index < -0.39 is 0 Å². The average molecular weight is 445 g/mol. The van der Waals surface area contributed by atoms with Gasteiger partial charge in [-0.2, -0.15) is 0 Å². The van der Waals surface area contributed by atoms with Gasteiger partial charge in [-0.25, -0.2) is 0 Å². The van der Waals surface area contributed by atoms with E-state index in [0.717, 1.165) is 37.0 Å². The van der Waals surface area contributed by atoms with Crippen molar-refractivity contribution in [2.24, 2.45) is 0 Å². The Kier molecular flexibility index (Phi) is 10.6. The van der Waals surface area contributed by atoms with E-state index in [4.69, 9.17) is 26.4 Å². The molecule has 31 heavy (non-hydrogen) atoms. The van der Waals surface area contributed by atoms with E-state index in [9.17, 15) is 4.79 Å². The van der Waals surface area contributed by atoms with E-state index in [1.54, 1.807) is 31.4 Å². The smallest absolute Gasteiger partial charge is 0.257 e. The molecule has 0 saturated carbocycles. The zero-order valence-corrected chi connectivity index (χ0v) is 19.3. The van der Waals surface area contributed by atoms with Crippen LogP contribution in [0, 0.1) is 0 Å². The lowest BCUT2D eigenvalue weighted by Crippen LogP contribution is -2.38. The van der Waals surface area contributed by atoms with Crippen LogP contribution in [0.3, 0.4) is 0 Å². The molecule has 0 unspecified atom stereocenters. The Morgan fingerprint density at radius 1 is 0.935 bits per heavy atom. The number of carbonyl (C=O) groups is 1. The number of amides is 1. The number of rotatable bonds is 12. The Morgan fingerprint density at radius 2 is 1.71 bits per heavy atom. The summed E-state index contributed by atoms with van der Waals surface area (Å²) in [5.41, 5.74) is 1.48. The van der Waals surface area contributed by atoms with Crippen LogP contribution in [0.5, 0.6) is 17.2 Å². The average Bonchev–Trinajstić information content (AvgIpc) is 2.79. The van der Waals surface area contributed by atoms with Crippen molar-refractivity contribution in [3.63, 3.8) is 0 Å². The van der Waals surface area contributed by atoms with Gasteiger partial charge in [-0.15, -0.1) is 0 Å². The molecule has 0 fully saturated rings. The molecule has 0 aliphatic heterocycles. The van der Waals surface area contributed by atoms with Gasteiger partial charge in [-0.3, -0.25) is 10.1 Å². The molecule has 0 aliphatic carbocycles. The standard InChI is InChI=1S/C24H32N2O4S/c1-4-6-7-15-29-20-11-9-19(10-12-20)23(27)26-24(31)25-17-18-8-13-21(30-14-5-2)22(16-18)28-3/h8-13,16H,4-7,14-15,17H2,1-3H3,(H2,25,26,27,31). The molecule has 0 spiro atoms. The minimum Gasteiger partial charge on any atom is -0.494 e. The van der Waals surface area contributed by atoms with Crippen LogP contribution in [0.4, 0.5) is 0 Å². The Balaban J connectivity index is 1.82. The van der Waals surface area contributed by atoms with Crippen LogP contribution >= 0.6 is 12.2 Å². The highest BCUT2D eigenvalue weighted by molar-refractivity contribution is 7.80. The van der Waals surface area contributed by atoms with Crippen LogP contribution in [-0.4, -0.2) is 31.3 Å². The maximum absolute atomic E-state index is 12.4. The summed E-state index contributed by atoms with van der Waals surface area (Å²) >= 11 is 5.26. The molecular weight excluding hydrogens is 412 g/mol. The molecule has 1 amide bonds. The fourth-order valence-electron chi connectivity index (χ4n) is 2.80. The summed E-state index contributed by atoms with van der Waals surface area (Å²) in [6.45, 7) is 5.98. The number of hydrogen-bond donors (Lipinski definition) is 2. The first-order valence-corrected chi connectivity index (χ1v) is 11.1. The molecule has 0 aromatic heterocycles. The first-order chi connectivity index (χ1) is 15.1. The molecule has 0 atom stereocenters. The Bertz CT molecular complexity index is 840. The minimum absolute atomic E-state index is 0.259. The third-order valence-corrected chi connectivity index (χ3v) is 4.75. The second kappa shape index (κ2) is 13.5. The molecule has 0 aliphatic rings. The minimum atomic E-state index is -0.268. The van der Waals surface area contributed by atoms with E-state index in [1.807, 2.05) is 18.2 Å². The predicted octanol–water partition coefficient (Wildman–Crippen LogP) is 4.86. The summed E-state index contributed by atoms with van der Waals surface area (Å²) < 4.78 is 16.7. The molecule has 168 valence electrons. The van der Waals surface area contributed by atoms with Crippen molar-refractivity contribution >= 4 is 23.2 Å². The summed E-state index contributed by atoms with van der Waals surface area (Å²) in [5.74, 6) is 1.87. The van der Waals surface area contributed by atoms with Gasteiger partial charge in [0.1, 0.15) is 5.75 Å². The summed E-state index contributed by atoms with van der Waals surface area (Å²) in [4.78, 5) is 12.4. The lowest BCUT2D eigenvalue weighted by Gasteiger charge is -2.13. The zero-order chi connectivity index (χ0) is 22.5. The van der Waals surface area contributed by atoms with Gasteiger partial charge in [-0.05, 0) is 67.0 Å². The maximum atomic E-state index is 12.4. The topological polar surface area (TPSA) is 68.8 Å². The van der Waals surface area contributed by atoms with Gasteiger partial charge in [-0.1, -0.05) is 32.8 Å². The van der Waals surface area contributed by atoms with Gasteiger partial charge in [0.05, 0.1) is 20.3 Å². The van der Waals surface area contributed by atoms with Crippen molar-refractivity contribution in [2.45, 2.75) is 46.1 Å². The number of benzene rings is 2. The molecule has 2 N–H and O–H groups in total. The SMILES string of the molecule is CCCCCOc1ccc(C(=O)NC(=S)NCc2ccc(OCCC)c(OC)c2)cc1. The van der Waals surface area contributed by atoms with Gasteiger partial charge in [0.15, 0.2) is 16.6 Å². The molecule has 2 aromatic carbocycles. The van der Waals surface area contributed by atoms with Crippen LogP contribution in [0.15, 0.2) is 42.5 Å². The highest BCUT2D eigenvalue weighted by Gasteiger charge is 2.09. The summed E-state index contributed by atoms with van der Waals surface area (Å²) in [6.07, 6.45) is 4.26. The third-order valence-electron chi connectivity index (χ3n) is 4.50. The molecule has 0 heterocycles. The number of hydrogen-bond acceptors (Lipinski definition) is 5. The molecule has 0 bridgehead atoms. The van der Waals surface area contributed by atoms with Gasteiger partial charge < -0.3 is 19.5 Å². The van der Waals surface area contributed by atoms with Crippen molar-refractivity contribution in [3.05, 3.63) is 53.6 Å². The monoisotopic (exact) mass is 444 g/mol. The van der Waals surface area contributed by atoms with Crippen LogP contribution in [0.25, 0.3) is 0 Å². The number of nitrogens with one attached hydrogen (secondary N) is 2. The van der Waals surface area contributed by atoms with E-state index in [1.165, 1.54) is 0 Å². The number of unbranched alkanes of at least 4 members (excludes halogenated alkanes) is 2. The molecule has 2 aromatic rings. The second-order valence-corrected chi connectivity index (χ2v) is 7.46. The zero-order valence-electron chi connectivity index (χ0n) is 18.5. The first-order valence-electron chi connectivity index (χ1n) is 10.7. The summed E-state index contributed by atoms with van der Waals surface area (Å²) in [7, 11) is 1.61. The van der Waals surface area contributed by atoms with E-state index in [-0.39, 0.29) is 11.0 Å². The van der Waals surface area contributed by atoms with Crippen molar-refractivity contribution in [1.82, 2.24) is 10.6 Å². The fourth-order valence-corrected chi connectivity index (χ4v) is 2.96. The predicted molar refractivity (Wildman–Crippen MR) is 127 cm³/mol.